The van der Waals surface area contributed by atoms with E-state index in [2.05, 4.69) is 5.32 Å². The molecule has 2 amide bonds. The summed E-state index contributed by atoms with van der Waals surface area (Å²) in [4.78, 5) is 25.6. The van der Waals surface area contributed by atoms with Gasteiger partial charge >= 0.3 is 0 Å². The molecule has 2 rings (SSSR count). The lowest BCUT2D eigenvalue weighted by molar-refractivity contribution is -0.137. The van der Waals surface area contributed by atoms with Crippen LogP contribution < -0.4 is 10.1 Å². The number of aliphatic hydroxyl groups excluding tert-OH is 1. The number of likely N-dealkylation sites (tertiary alicyclic amines) is 1. The highest BCUT2D eigenvalue weighted by molar-refractivity contribution is 5.87. The van der Waals surface area contributed by atoms with Gasteiger partial charge in [-0.15, -0.1) is 0 Å². The Morgan fingerprint density at radius 3 is 2.67 bits per heavy atom. The highest BCUT2D eigenvalue weighted by atomic mass is 16.5. The molecule has 6 nitrogen and oxygen atoms in total. The van der Waals surface area contributed by atoms with Gasteiger partial charge in [0, 0.05) is 19.9 Å². The minimum absolute atomic E-state index is 0.0780. The van der Waals surface area contributed by atoms with Crippen molar-refractivity contribution in [2.75, 3.05) is 6.54 Å². The zero-order chi connectivity index (χ0) is 17.9. The van der Waals surface area contributed by atoms with Gasteiger partial charge in [0.1, 0.15) is 11.8 Å². The van der Waals surface area contributed by atoms with Gasteiger partial charge in [-0.3, -0.25) is 9.59 Å². The summed E-state index contributed by atoms with van der Waals surface area (Å²) < 4.78 is 5.67. The highest BCUT2D eigenvalue weighted by Crippen LogP contribution is 2.22. The molecular weight excluding hydrogens is 308 g/mol. The lowest BCUT2D eigenvalue weighted by Crippen LogP contribution is -2.45. The van der Waals surface area contributed by atoms with Crippen LogP contribution in [0.2, 0.25) is 0 Å². The molecule has 1 saturated heterocycles. The van der Waals surface area contributed by atoms with Crippen LogP contribution in [-0.4, -0.2) is 46.6 Å². The topological polar surface area (TPSA) is 78.9 Å². The van der Waals surface area contributed by atoms with E-state index in [0.717, 1.165) is 11.3 Å². The van der Waals surface area contributed by atoms with E-state index in [1.807, 2.05) is 45.0 Å². The number of aliphatic hydroxyl groups is 1. The van der Waals surface area contributed by atoms with E-state index in [-0.39, 0.29) is 36.9 Å². The van der Waals surface area contributed by atoms with E-state index in [1.54, 1.807) is 0 Å². The molecule has 3 atom stereocenters. The number of carbonyl (C=O) groups is 2. The first-order valence-corrected chi connectivity index (χ1v) is 8.30. The molecule has 0 aromatic heterocycles. The Morgan fingerprint density at radius 2 is 2.04 bits per heavy atom. The fourth-order valence-electron chi connectivity index (χ4n) is 2.93. The number of benzene rings is 1. The Balaban J connectivity index is 2.04. The van der Waals surface area contributed by atoms with Crippen molar-refractivity contribution >= 4 is 11.8 Å². The molecule has 0 saturated carbocycles. The first kappa shape index (κ1) is 18.3. The molecule has 0 aliphatic carbocycles. The number of carbonyl (C=O) groups excluding carboxylic acids is 2. The molecule has 1 aliphatic rings. The molecule has 2 N–H and O–H groups in total. The second-order valence-corrected chi connectivity index (χ2v) is 6.55. The fraction of sp³-hybridized carbons (Fsp3) is 0.556. The first-order valence-electron chi connectivity index (χ1n) is 8.30. The predicted octanol–water partition coefficient (Wildman–Crippen LogP) is 1.63. The van der Waals surface area contributed by atoms with Gasteiger partial charge in [0.15, 0.2) is 0 Å². The lowest BCUT2D eigenvalue weighted by atomic mass is 10.1. The Hall–Kier alpha value is -2.08. The summed E-state index contributed by atoms with van der Waals surface area (Å²) in [5.41, 5.74) is 0.925. The SMILES string of the molecule is CC(=O)N1C[C@H](O)C[C@@H]1C(=O)NC(C)c1cccc(OC(C)C)c1. The van der Waals surface area contributed by atoms with E-state index in [1.165, 1.54) is 11.8 Å². The maximum Gasteiger partial charge on any atom is 0.243 e. The molecule has 1 heterocycles. The smallest absolute Gasteiger partial charge is 0.243 e. The van der Waals surface area contributed by atoms with Crippen LogP contribution in [0.15, 0.2) is 24.3 Å². The highest BCUT2D eigenvalue weighted by Gasteiger charge is 2.37. The maximum atomic E-state index is 12.5. The zero-order valence-corrected chi connectivity index (χ0v) is 14.7. The molecule has 1 fully saturated rings. The summed E-state index contributed by atoms with van der Waals surface area (Å²) in [7, 11) is 0. The first-order chi connectivity index (χ1) is 11.3. The normalized spacial score (nSPS) is 21.7. The molecule has 1 aromatic rings. The molecular formula is C18H26N2O4. The average molecular weight is 334 g/mol. The summed E-state index contributed by atoms with van der Waals surface area (Å²) >= 11 is 0. The molecule has 1 aromatic carbocycles. The lowest BCUT2D eigenvalue weighted by Gasteiger charge is -2.24. The summed E-state index contributed by atoms with van der Waals surface area (Å²) in [6.45, 7) is 7.42. The monoisotopic (exact) mass is 334 g/mol. The van der Waals surface area contributed by atoms with Crippen LogP contribution in [0.4, 0.5) is 0 Å². The standard InChI is InChI=1S/C18H26N2O4/c1-11(2)24-16-7-5-6-14(8-16)12(3)19-18(23)17-9-15(22)10-20(17)13(4)21/h5-8,11-12,15,17,22H,9-10H2,1-4H3,(H,19,23)/t12?,15-,17-/m1/s1. The van der Waals surface area contributed by atoms with E-state index < -0.39 is 12.1 Å². The zero-order valence-electron chi connectivity index (χ0n) is 14.7. The Labute approximate surface area is 142 Å². The molecule has 0 bridgehead atoms. The number of nitrogens with one attached hydrogen (secondary N) is 1. The molecule has 1 unspecified atom stereocenters. The molecule has 0 radical (unpaired) electrons. The van der Waals surface area contributed by atoms with Crippen molar-refractivity contribution in [2.24, 2.45) is 0 Å². The van der Waals surface area contributed by atoms with Gasteiger partial charge in [-0.25, -0.2) is 0 Å². The van der Waals surface area contributed by atoms with E-state index >= 15 is 0 Å². The summed E-state index contributed by atoms with van der Waals surface area (Å²) in [5, 5.41) is 12.7. The van der Waals surface area contributed by atoms with Gasteiger partial charge in [-0.05, 0) is 38.5 Å². The molecule has 0 spiro atoms. The molecule has 24 heavy (non-hydrogen) atoms. The summed E-state index contributed by atoms with van der Waals surface area (Å²) in [5.74, 6) is 0.307. The van der Waals surface area contributed by atoms with Crippen molar-refractivity contribution < 1.29 is 19.4 Å². The number of ether oxygens (including phenoxy) is 1. The van der Waals surface area contributed by atoms with Crippen molar-refractivity contribution in [3.05, 3.63) is 29.8 Å². The minimum Gasteiger partial charge on any atom is -0.491 e. The molecule has 1 aliphatic heterocycles. The number of rotatable bonds is 5. The van der Waals surface area contributed by atoms with E-state index in [0.29, 0.717) is 0 Å². The van der Waals surface area contributed by atoms with Gasteiger partial charge in [0.2, 0.25) is 11.8 Å². The van der Waals surface area contributed by atoms with E-state index in [9.17, 15) is 14.7 Å². The number of hydrogen-bond acceptors (Lipinski definition) is 4. The van der Waals surface area contributed by atoms with Crippen molar-refractivity contribution in [3.63, 3.8) is 0 Å². The number of nitrogens with zero attached hydrogens (tertiary/aromatic N) is 1. The number of hydrogen-bond donors (Lipinski definition) is 2. The second kappa shape index (κ2) is 7.66. The van der Waals surface area contributed by atoms with Crippen LogP contribution >= 0.6 is 0 Å². The summed E-state index contributed by atoms with van der Waals surface area (Å²) in [6, 6.07) is 6.75. The van der Waals surface area contributed by atoms with Gasteiger partial charge in [-0.1, -0.05) is 12.1 Å². The average Bonchev–Trinajstić information content (AvgIpc) is 2.89. The fourth-order valence-corrected chi connectivity index (χ4v) is 2.93. The second-order valence-electron chi connectivity index (χ2n) is 6.55. The maximum absolute atomic E-state index is 12.5. The minimum atomic E-state index is -0.650. The van der Waals surface area contributed by atoms with Crippen LogP contribution in [0, 0.1) is 0 Å². The van der Waals surface area contributed by atoms with Gasteiger partial charge < -0.3 is 20.1 Å². The third-order valence-corrected chi connectivity index (χ3v) is 4.07. The third-order valence-electron chi connectivity index (χ3n) is 4.07. The quantitative estimate of drug-likeness (QED) is 0.858. The van der Waals surface area contributed by atoms with Crippen molar-refractivity contribution in [1.82, 2.24) is 10.2 Å². The van der Waals surface area contributed by atoms with Gasteiger partial charge in [0.05, 0.1) is 18.2 Å². The molecule has 6 heteroatoms. The van der Waals surface area contributed by atoms with Crippen molar-refractivity contribution in [2.45, 2.75) is 58.4 Å². The van der Waals surface area contributed by atoms with Crippen LogP contribution in [0.3, 0.4) is 0 Å². The number of β-amino-alcohol motifs (C(OH)–C–C–N with tert-alkyl or cyclic N) is 1. The predicted molar refractivity (Wildman–Crippen MR) is 90.6 cm³/mol. The van der Waals surface area contributed by atoms with Crippen LogP contribution in [0.25, 0.3) is 0 Å². The van der Waals surface area contributed by atoms with E-state index in [4.69, 9.17) is 4.74 Å². The van der Waals surface area contributed by atoms with Crippen molar-refractivity contribution in [1.29, 1.82) is 0 Å². The van der Waals surface area contributed by atoms with Gasteiger partial charge in [0.25, 0.3) is 0 Å². The summed E-state index contributed by atoms with van der Waals surface area (Å²) in [6.07, 6.45) is -0.300. The molecule has 132 valence electrons. The number of amides is 2. The largest absolute Gasteiger partial charge is 0.491 e. The van der Waals surface area contributed by atoms with Crippen molar-refractivity contribution in [3.8, 4) is 5.75 Å². The van der Waals surface area contributed by atoms with Crippen LogP contribution in [0.5, 0.6) is 5.75 Å². The Morgan fingerprint density at radius 1 is 1.33 bits per heavy atom. The Bertz CT molecular complexity index is 602. The van der Waals surface area contributed by atoms with Gasteiger partial charge in [-0.2, -0.15) is 0 Å². The van der Waals surface area contributed by atoms with Crippen LogP contribution in [0.1, 0.15) is 45.7 Å². The third kappa shape index (κ3) is 4.47. The van der Waals surface area contributed by atoms with Crippen LogP contribution in [-0.2, 0) is 9.59 Å². The Kier molecular flexibility index (Phi) is 5.83.